The van der Waals surface area contributed by atoms with Gasteiger partial charge in [0.05, 0.1) is 11.4 Å². The van der Waals surface area contributed by atoms with Crippen LogP contribution in [0, 0.1) is 5.92 Å². The molecule has 0 heterocycles. The molecule has 1 aliphatic carbocycles. The van der Waals surface area contributed by atoms with Crippen molar-refractivity contribution >= 4 is 28.2 Å². The highest BCUT2D eigenvalue weighted by Gasteiger charge is 2.50. The van der Waals surface area contributed by atoms with E-state index in [1.165, 1.54) is 13.2 Å². The van der Waals surface area contributed by atoms with Crippen LogP contribution < -0.4 is 0 Å². The Kier molecular flexibility index (Phi) is 2.67. The molecule has 3 nitrogen and oxygen atoms in total. The van der Waals surface area contributed by atoms with Crippen molar-refractivity contribution in [1.82, 2.24) is 0 Å². The van der Waals surface area contributed by atoms with Crippen molar-refractivity contribution in [3.8, 4) is 0 Å². The van der Waals surface area contributed by atoms with Gasteiger partial charge in [0, 0.05) is 12.0 Å². The van der Waals surface area contributed by atoms with Gasteiger partial charge in [-0.1, -0.05) is 22.0 Å². The van der Waals surface area contributed by atoms with Crippen LogP contribution in [0.3, 0.4) is 0 Å². The molecule has 1 aliphatic rings. The second-order valence-electron chi connectivity index (χ2n) is 2.74. The zero-order valence-electron chi connectivity index (χ0n) is 6.62. The number of hydrogen-bond donors (Lipinski definition) is 0. The second kappa shape index (κ2) is 3.39. The zero-order valence-corrected chi connectivity index (χ0v) is 8.21. The number of carbonyl (C=O) groups is 2. The topological polar surface area (TPSA) is 43.4 Å². The maximum Gasteiger partial charge on any atom is 0.330 e. The Morgan fingerprint density at radius 3 is 2.83 bits per heavy atom. The van der Waals surface area contributed by atoms with Crippen molar-refractivity contribution in [2.45, 2.75) is 10.7 Å². The molecule has 0 saturated heterocycles. The third kappa shape index (κ3) is 1.94. The minimum absolute atomic E-state index is 0.133. The molecule has 0 aliphatic heterocycles. The number of ether oxygens (including phenoxy) is 1. The highest BCUT2D eigenvalue weighted by Crippen LogP contribution is 2.50. The fourth-order valence-corrected chi connectivity index (χ4v) is 1.41. The van der Waals surface area contributed by atoms with Crippen molar-refractivity contribution < 1.29 is 14.3 Å². The number of methoxy groups -OCH3 is 1. The lowest BCUT2D eigenvalue weighted by molar-refractivity contribution is -0.134. The molecular weight excluding hydrogens is 224 g/mol. The molecule has 0 unspecified atom stereocenters. The summed E-state index contributed by atoms with van der Waals surface area (Å²) in [6.07, 6.45) is 4.65. The largest absolute Gasteiger partial charge is 0.466 e. The molecule has 0 radical (unpaired) electrons. The van der Waals surface area contributed by atoms with Crippen LogP contribution in [-0.4, -0.2) is 23.7 Å². The first-order valence-electron chi connectivity index (χ1n) is 3.54. The second-order valence-corrected chi connectivity index (χ2v) is 4.21. The molecule has 0 aromatic heterocycles. The maximum atomic E-state index is 10.6. The van der Waals surface area contributed by atoms with E-state index in [-0.39, 0.29) is 11.9 Å². The molecular formula is C8H9BrO3. The number of allylic oxidation sites excluding steroid dienone is 1. The Balaban J connectivity index is 2.41. The third-order valence-corrected chi connectivity index (χ3v) is 2.95. The molecule has 1 rings (SSSR count). The summed E-state index contributed by atoms with van der Waals surface area (Å²) in [6.45, 7) is 0. The van der Waals surface area contributed by atoms with Crippen LogP contribution in [0.15, 0.2) is 12.2 Å². The summed E-state index contributed by atoms with van der Waals surface area (Å²) >= 11 is 3.26. The number of carbonyl (C=O) groups excluding carboxylic acids is 2. The summed E-state index contributed by atoms with van der Waals surface area (Å²) in [5, 5.41) is 0. The molecule has 0 amide bonds. The van der Waals surface area contributed by atoms with E-state index in [0.717, 1.165) is 12.7 Å². The smallest absolute Gasteiger partial charge is 0.330 e. The van der Waals surface area contributed by atoms with E-state index in [1.54, 1.807) is 6.08 Å². The zero-order chi connectivity index (χ0) is 9.19. The van der Waals surface area contributed by atoms with Crippen LogP contribution in [0.1, 0.15) is 6.42 Å². The van der Waals surface area contributed by atoms with Crippen molar-refractivity contribution in [2.24, 2.45) is 5.92 Å². The van der Waals surface area contributed by atoms with Gasteiger partial charge in [-0.15, -0.1) is 0 Å². The molecule has 0 N–H and O–H groups in total. The summed E-state index contributed by atoms with van der Waals surface area (Å²) in [7, 11) is 1.32. The lowest BCUT2D eigenvalue weighted by atomic mass is 10.3. The van der Waals surface area contributed by atoms with Gasteiger partial charge in [-0.25, -0.2) is 4.79 Å². The van der Waals surface area contributed by atoms with Crippen molar-refractivity contribution in [3.63, 3.8) is 0 Å². The Labute approximate surface area is 78.9 Å². The fraction of sp³-hybridized carbons (Fsp3) is 0.500. The van der Waals surface area contributed by atoms with E-state index in [4.69, 9.17) is 0 Å². The first-order chi connectivity index (χ1) is 5.62. The standard InChI is InChI=1S/C8H9BrO3/c1-12-7(11)3-2-6-4-8(6,9)5-10/h2-3,5-6H,4H2,1H3/b3-2-/t6-,8-/m1/s1. The molecule has 0 spiro atoms. The van der Waals surface area contributed by atoms with Crippen molar-refractivity contribution in [1.29, 1.82) is 0 Å². The maximum absolute atomic E-state index is 10.6. The number of esters is 1. The normalized spacial score (nSPS) is 33.3. The van der Waals surface area contributed by atoms with Crippen molar-refractivity contribution in [3.05, 3.63) is 12.2 Å². The number of alkyl halides is 1. The third-order valence-electron chi connectivity index (χ3n) is 1.85. The van der Waals surface area contributed by atoms with Crippen LogP contribution in [0.5, 0.6) is 0 Å². The molecule has 0 bridgehead atoms. The van der Waals surface area contributed by atoms with E-state index in [1.807, 2.05) is 0 Å². The summed E-state index contributed by atoms with van der Waals surface area (Å²) in [4.78, 5) is 21.0. The van der Waals surface area contributed by atoms with E-state index in [9.17, 15) is 9.59 Å². The summed E-state index contributed by atoms with van der Waals surface area (Å²) in [5.41, 5.74) is 0. The predicted molar refractivity (Wildman–Crippen MR) is 47.0 cm³/mol. The molecule has 66 valence electrons. The Hall–Kier alpha value is -0.640. The van der Waals surface area contributed by atoms with E-state index >= 15 is 0 Å². The van der Waals surface area contributed by atoms with Crippen LogP contribution in [0.2, 0.25) is 0 Å². The molecule has 1 fully saturated rings. The quantitative estimate of drug-likeness (QED) is 0.317. The lowest BCUT2D eigenvalue weighted by Gasteiger charge is -1.92. The minimum Gasteiger partial charge on any atom is -0.466 e. The van der Waals surface area contributed by atoms with Crippen LogP contribution >= 0.6 is 15.9 Å². The van der Waals surface area contributed by atoms with E-state index in [0.29, 0.717) is 0 Å². The lowest BCUT2D eigenvalue weighted by Crippen LogP contribution is -2.01. The van der Waals surface area contributed by atoms with Gasteiger partial charge in [-0.2, -0.15) is 0 Å². The summed E-state index contributed by atoms with van der Waals surface area (Å²) in [6, 6.07) is 0. The van der Waals surface area contributed by atoms with Gasteiger partial charge < -0.3 is 9.53 Å². The number of rotatable bonds is 3. The Morgan fingerprint density at radius 2 is 2.42 bits per heavy atom. The number of hydrogen-bond acceptors (Lipinski definition) is 3. The highest BCUT2D eigenvalue weighted by atomic mass is 79.9. The SMILES string of the molecule is COC(=O)/C=C\[C@@H]1C[C@@]1(Br)C=O. The van der Waals surface area contributed by atoms with Gasteiger partial charge in [-0.05, 0) is 6.42 Å². The van der Waals surface area contributed by atoms with E-state index in [2.05, 4.69) is 20.7 Å². The van der Waals surface area contributed by atoms with Crippen LogP contribution in [-0.2, 0) is 14.3 Å². The summed E-state index contributed by atoms with van der Waals surface area (Å²) < 4.78 is 3.98. The van der Waals surface area contributed by atoms with Gasteiger partial charge in [0.25, 0.3) is 0 Å². The first kappa shape index (κ1) is 9.45. The highest BCUT2D eigenvalue weighted by molar-refractivity contribution is 9.10. The molecule has 0 aromatic rings. The first-order valence-corrected chi connectivity index (χ1v) is 4.33. The fourth-order valence-electron chi connectivity index (χ4n) is 0.904. The Morgan fingerprint density at radius 1 is 1.75 bits per heavy atom. The predicted octanol–water partition coefficient (Wildman–Crippen LogP) is 1.07. The molecule has 0 aromatic carbocycles. The molecule has 4 heteroatoms. The van der Waals surface area contributed by atoms with Crippen LogP contribution in [0.25, 0.3) is 0 Å². The van der Waals surface area contributed by atoms with Gasteiger partial charge in [-0.3, -0.25) is 0 Å². The van der Waals surface area contributed by atoms with Gasteiger partial charge in [0.15, 0.2) is 0 Å². The summed E-state index contributed by atoms with van der Waals surface area (Å²) in [5.74, 6) is -0.253. The Bertz CT molecular complexity index is 236. The monoisotopic (exact) mass is 232 g/mol. The number of aldehydes is 1. The molecule has 12 heavy (non-hydrogen) atoms. The van der Waals surface area contributed by atoms with Crippen molar-refractivity contribution in [2.75, 3.05) is 7.11 Å². The van der Waals surface area contributed by atoms with Gasteiger partial charge in [0.1, 0.15) is 6.29 Å². The molecule has 2 atom stereocenters. The average Bonchev–Trinajstić information content (AvgIpc) is 2.74. The van der Waals surface area contributed by atoms with Crippen LogP contribution in [0.4, 0.5) is 0 Å². The van der Waals surface area contributed by atoms with Gasteiger partial charge >= 0.3 is 5.97 Å². The van der Waals surface area contributed by atoms with Gasteiger partial charge in [0.2, 0.25) is 0 Å². The molecule has 1 saturated carbocycles. The van der Waals surface area contributed by atoms with E-state index < -0.39 is 4.32 Å². The minimum atomic E-state index is -0.419. The number of halogens is 1. The average molecular weight is 233 g/mol.